The van der Waals surface area contributed by atoms with Crippen LogP contribution in [0.1, 0.15) is 303 Å². The maximum Gasteiger partial charge on any atom is 0.220 e. The van der Waals surface area contributed by atoms with E-state index in [1.807, 2.05) is 0 Å². The molecule has 0 aliphatic heterocycles. The number of aliphatic hydroxyl groups is 3. The van der Waals surface area contributed by atoms with Crippen molar-refractivity contribution in [3.05, 3.63) is 12.2 Å². The summed E-state index contributed by atoms with van der Waals surface area (Å²) in [6, 6.07) is -0.807. The van der Waals surface area contributed by atoms with Gasteiger partial charge in [-0.15, -0.1) is 0 Å². The molecule has 0 saturated heterocycles. The Morgan fingerprint density at radius 3 is 0.983 bits per heavy atom. The van der Waals surface area contributed by atoms with Gasteiger partial charge in [0.05, 0.1) is 18.8 Å². The molecule has 5 nitrogen and oxygen atoms in total. The number of nitrogens with one attached hydrogen (secondary N) is 1. The van der Waals surface area contributed by atoms with Gasteiger partial charge in [-0.25, -0.2) is 0 Å². The number of carbonyl (C=O) groups is 1. The molecule has 0 bridgehead atoms. The van der Waals surface area contributed by atoms with E-state index >= 15 is 0 Å². The molecule has 3 atom stereocenters. The number of hydrogen-bond donors (Lipinski definition) is 4. The predicted octanol–water partition coefficient (Wildman–Crippen LogP) is 16.3. The number of allylic oxidation sites excluding steroid dienone is 2. The Morgan fingerprint density at radius 1 is 0.407 bits per heavy atom. The first-order valence-electron chi connectivity index (χ1n) is 27.0. The highest BCUT2D eigenvalue weighted by molar-refractivity contribution is 5.76. The zero-order valence-corrected chi connectivity index (χ0v) is 40.2. The summed E-state index contributed by atoms with van der Waals surface area (Å²) in [5.74, 6) is -0.140. The first kappa shape index (κ1) is 58.1. The Labute approximate surface area is 369 Å². The van der Waals surface area contributed by atoms with Crippen LogP contribution in [0.3, 0.4) is 0 Å². The van der Waals surface area contributed by atoms with Gasteiger partial charge in [-0.2, -0.15) is 0 Å². The molecule has 0 saturated carbocycles. The van der Waals surface area contributed by atoms with E-state index in [1.54, 1.807) is 0 Å². The third-order valence-corrected chi connectivity index (χ3v) is 12.9. The molecule has 3 unspecified atom stereocenters. The largest absolute Gasteiger partial charge is 0.394 e. The topological polar surface area (TPSA) is 89.8 Å². The van der Waals surface area contributed by atoms with Crippen molar-refractivity contribution in [2.75, 3.05) is 6.61 Å². The molecule has 352 valence electrons. The normalized spacial score (nSPS) is 13.4. The van der Waals surface area contributed by atoms with E-state index in [4.69, 9.17) is 0 Å². The van der Waals surface area contributed by atoms with Crippen LogP contribution >= 0.6 is 0 Å². The van der Waals surface area contributed by atoms with Crippen molar-refractivity contribution in [3.8, 4) is 0 Å². The highest BCUT2D eigenvalue weighted by atomic mass is 16.3. The fraction of sp³-hybridized carbons (Fsp3) is 0.944. The van der Waals surface area contributed by atoms with Crippen molar-refractivity contribution >= 4 is 5.91 Å². The maximum absolute atomic E-state index is 12.5. The van der Waals surface area contributed by atoms with Crippen molar-refractivity contribution < 1.29 is 20.1 Å². The minimum atomic E-state index is -1.13. The molecule has 1 amide bonds. The lowest BCUT2D eigenvalue weighted by molar-refractivity contribution is -0.124. The van der Waals surface area contributed by atoms with E-state index in [0.29, 0.717) is 12.8 Å². The van der Waals surface area contributed by atoms with E-state index < -0.39 is 18.2 Å². The lowest BCUT2D eigenvalue weighted by atomic mass is 9.99. The molecule has 0 heterocycles. The van der Waals surface area contributed by atoms with Gasteiger partial charge in [0.2, 0.25) is 5.91 Å². The van der Waals surface area contributed by atoms with Crippen molar-refractivity contribution in [1.82, 2.24) is 5.32 Å². The second-order valence-electron chi connectivity index (χ2n) is 18.8. The minimum absolute atomic E-state index is 0.140. The Hall–Kier alpha value is -0.910. The maximum atomic E-state index is 12.5. The molecule has 0 aromatic carbocycles. The van der Waals surface area contributed by atoms with Crippen molar-refractivity contribution in [2.24, 2.45) is 0 Å². The summed E-state index contributed by atoms with van der Waals surface area (Å²) in [5.41, 5.74) is 0. The van der Waals surface area contributed by atoms with E-state index in [1.165, 1.54) is 244 Å². The van der Waals surface area contributed by atoms with Crippen molar-refractivity contribution in [2.45, 2.75) is 321 Å². The number of hydrogen-bond acceptors (Lipinski definition) is 4. The molecule has 0 radical (unpaired) electrons. The van der Waals surface area contributed by atoms with Crippen LogP contribution in [0.5, 0.6) is 0 Å². The average Bonchev–Trinajstić information content (AvgIpc) is 3.24. The minimum Gasteiger partial charge on any atom is -0.394 e. The Kier molecular flexibility index (Phi) is 49.0. The molecule has 0 aromatic heterocycles. The molecule has 0 spiro atoms. The van der Waals surface area contributed by atoms with Crippen LogP contribution < -0.4 is 5.32 Å². The van der Waals surface area contributed by atoms with Crippen LogP contribution in [0.4, 0.5) is 0 Å². The summed E-state index contributed by atoms with van der Waals surface area (Å²) in [6.45, 7) is 4.21. The van der Waals surface area contributed by atoms with E-state index in [9.17, 15) is 20.1 Å². The van der Waals surface area contributed by atoms with Gasteiger partial charge in [0.25, 0.3) is 0 Å². The van der Waals surface area contributed by atoms with Gasteiger partial charge >= 0.3 is 0 Å². The molecule has 0 aliphatic rings. The molecule has 0 rings (SSSR count). The van der Waals surface area contributed by atoms with E-state index in [0.717, 1.165) is 32.1 Å². The first-order valence-corrected chi connectivity index (χ1v) is 27.0. The molecule has 0 fully saturated rings. The average molecular weight is 834 g/mol. The Morgan fingerprint density at radius 2 is 0.678 bits per heavy atom. The third kappa shape index (κ3) is 44.9. The fourth-order valence-corrected chi connectivity index (χ4v) is 8.69. The monoisotopic (exact) mass is 834 g/mol. The van der Waals surface area contributed by atoms with Crippen LogP contribution in [-0.4, -0.2) is 46.1 Å². The van der Waals surface area contributed by atoms with Crippen LogP contribution in [-0.2, 0) is 4.79 Å². The van der Waals surface area contributed by atoms with Crippen LogP contribution in [0.2, 0.25) is 0 Å². The summed E-state index contributed by atoms with van der Waals surface area (Å²) in [4.78, 5) is 12.5. The Balaban J connectivity index is 3.52. The number of rotatable bonds is 50. The van der Waals surface area contributed by atoms with Crippen molar-refractivity contribution in [3.63, 3.8) is 0 Å². The van der Waals surface area contributed by atoms with Gasteiger partial charge in [0, 0.05) is 6.42 Å². The molecular weight excluding hydrogens is 727 g/mol. The summed E-state index contributed by atoms with van der Waals surface area (Å²) in [7, 11) is 0. The van der Waals surface area contributed by atoms with Crippen molar-refractivity contribution in [1.29, 1.82) is 0 Å². The molecule has 59 heavy (non-hydrogen) atoms. The second kappa shape index (κ2) is 49.7. The third-order valence-electron chi connectivity index (χ3n) is 12.9. The van der Waals surface area contributed by atoms with Gasteiger partial charge < -0.3 is 20.6 Å². The predicted molar refractivity (Wildman–Crippen MR) is 259 cm³/mol. The second-order valence-corrected chi connectivity index (χ2v) is 18.8. The number of aliphatic hydroxyl groups excluding tert-OH is 3. The van der Waals surface area contributed by atoms with Gasteiger partial charge in [0.1, 0.15) is 6.10 Å². The lowest BCUT2D eigenvalue weighted by Crippen LogP contribution is -2.50. The molecular formula is C54H107NO4. The van der Waals surface area contributed by atoms with Crippen LogP contribution in [0, 0.1) is 0 Å². The quantitative estimate of drug-likeness (QED) is 0.0363. The molecule has 0 aromatic rings. The molecule has 0 aliphatic carbocycles. The lowest BCUT2D eigenvalue weighted by Gasteiger charge is -2.26. The van der Waals surface area contributed by atoms with Crippen LogP contribution in [0.15, 0.2) is 12.2 Å². The summed E-state index contributed by atoms with van der Waals surface area (Å²) < 4.78 is 0. The zero-order chi connectivity index (χ0) is 43.0. The van der Waals surface area contributed by atoms with Crippen LogP contribution in [0.25, 0.3) is 0 Å². The smallest absolute Gasteiger partial charge is 0.220 e. The Bertz CT molecular complexity index is 833. The highest BCUT2D eigenvalue weighted by Gasteiger charge is 2.26. The van der Waals surface area contributed by atoms with Gasteiger partial charge in [0.15, 0.2) is 0 Å². The molecule has 4 N–H and O–H groups in total. The summed E-state index contributed by atoms with van der Waals surface area (Å²) in [5, 5.41) is 33.7. The number of carbonyl (C=O) groups excluding carboxylic acids is 1. The number of amides is 1. The van der Waals surface area contributed by atoms with E-state index in [-0.39, 0.29) is 12.5 Å². The first-order chi connectivity index (χ1) is 29.1. The summed E-state index contributed by atoms with van der Waals surface area (Å²) >= 11 is 0. The van der Waals surface area contributed by atoms with Gasteiger partial charge in [-0.1, -0.05) is 270 Å². The van der Waals surface area contributed by atoms with E-state index in [2.05, 4.69) is 31.3 Å². The van der Waals surface area contributed by atoms with Gasteiger partial charge in [-0.05, 0) is 38.5 Å². The summed E-state index contributed by atoms with van der Waals surface area (Å²) in [6.07, 6.45) is 60.7. The fourth-order valence-electron chi connectivity index (χ4n) is 8.69. The SMILES string of the molecule is CCCCCCCCCCCCCC/C=C\CCCCCCCCCCCCCC(=O)NC(CO)C(O)C(O)CCCCCCCCCCCCCCCCCCCC. The number of unbranched alkanes of at least 4 members (excludes halogenated alkanes) is 40. The standard InChI is InChI=1S/C54H107NO4/c1-3-5-7-9-11-13-15-17-19-21-23-24-25-26-27-28-29-30-31-33-35-37-39-41-43-45-47-49-53(58)55-51(50-56)54(59)52(57)48-46-44-42-40-38-36-34-32-22-20-18-16-14-12-10-8-6-4-2/h26-27,51-52,54,56-57,59H,3-25,28-50H2,1-2H3,(H,55,58)/b27-26-. The zero-order valence-electron chi connectivity index (χ0n) is 40.2. The van der Waals surface area contributed by atoms with Gasteiger partial charge in [-0.3, -0.25) is 4.79 Å². The molecule has 5 heteroatoms. The highest BCUT2D eigenvalue weighted by Crippen LogP contribution is 2.18.